The number of nitrogens with zero attached hydrogens (tertiary/aromatic N) is 8. The Bertz CT molecular complexity index is 1230. The van der Waals surface area contributed by atoms with E-state index >= 15 is 0 Å². The third-order valence-electron chi connectivity index (χ3n) is 5.38. The molecule has 4 rings (SSSR count). The third kappa shape index (κ3) is 3.86. The smallest absolute Gasteiger partial charge is 0.235 e. The molecule has 1 aliphatic rings. The van der Waals surface area contributed by atoms with E-state index in [2.05, 4.69) is 56.2 Å². The van der Waals surface area contributed by atoms with E-state index in [9.17, 15) is 4.79 Å². The lowest BCUT2D eigenvalue weighted by molar-refractivity contribution is 0.562. The van der Waals surface area contributed by atoms with Crippen molar-refractivity contribution >= 4 is 28.9 Å². The van der Waals surface area contributed by atoms with Crippen LogP contribution in [0.1, 0.15) is 32.2 Å². The number of pyridine rings is 1. The van der Waals surface area contributed by atoms with Crippen molar-refractivity contribution in [1.29, 1.82) is 0 Å². The predicted molar refractivity (Wildman–Crippen MR) is 125 cm³/mol. The maximum atomic E-state index is 10.9. The molecule has 0 saturated carbocycles. The maximum absolute atomic E-state index is 10.9. The van der Waals surface area contributed by atoms with Gasteiger partial charge in [-0.15, -0.1) is 10.2 Å². The minimum absolute atomic E-state index is 0.487. The zero-order valence-electron chi connectivity index (χ0n) is 18.5. The van der Waals surface area contributed by atoms with Crippen molar-refractivity contribution in [2.75, 3.05) is 18.0 Å². The quantitative estimate of drug-likeness (QED) is 0.423. The van der Waals surface area contributed by atoms with Gasteiger partial charge < -0.3 is 4.90 Å². The molecule has 0 N–H and O–H groups in total. The molecule has 32 heavy (non-hydrogen) atoms. The number of rotatable bonds is 7. The molecule has 0 amide bonds. The number of fused-ring (bicyclic) bond motifs is 1. The van der Waals surface area contributed by atoms with Crippen LogP contribution in [-0.2, 0) is 4.79 Å². The molecule has 1 aliphatic heterocycles. The summed E-state index contributed by atoms with van der Waals surface area (Å²) in [6.45, 7) is 9.93. The van der Waals surface area contributed by atoms with Crippen LogP contribution < -0.4 is 4.90 Å². The Morgan fingerprint density at radius 1 is 1.12 bits per heavy atom. The topological polar surface area (TPSA) is 101 Å². The summed E-state index contributed by atoms with van der Waals surface area (Å²) >= 11 is 0. The van der Waals surface area contributed by atoms with Gasteiger partial charge in [-0.05, 0) is 63.6 Å². The van der Waals surface area contributed by atoms with Gasteiger partial charge in [0.1, 0.15) is 23.2 Å². The van der Waals surface area contributed by atoms with Gasteiger partial charge in [0.15, 0.2) is 0 Å². The van der Waals surface area contributed by atoms with Crippen molar-refractivity contribution in [2.45, 2.75) is 33.7 Å². The van der Waals surface area contributed by atoms with Crippen LogP contribution >= 0.6 is 0 Å². The monoisotopic (exact) mass is 428 g/mol. The molecule has 0 bridgehead atoms. The first kappa shape index (κ1) is 21.3. The van der Waals surface area contributed by atoms with Crippen molar-refractivity contribution in [2.24, 2.45) is 15.1 Å². The van der Waals surface area contributed by atoms with Gasteiger partial charge in [0.05, 0.1) is 5.69 Å². The molecule has 3 heterocycles. The SMILES string of the molecule is CCN(CC)c1ccc(/N=C2/C(C(C)N=C=O)=Nn3c2nnc3-c2ccccn2)c(C)c1. The van der Waals surface area contributed by atoms with Crippen molar-refractivity contribution < 1.29 is 4.79 Å². The van der Waals surface area contributed by atoms with E-state index in [4.69, 9.17) is 4.99 Å². The lowest BCUT2D eigenvalue weighted by atomic mass is 10.1. The Balaban J connectivity index is 1.81. The van der Waals surface area contributed by atoms with Gasteiger partial charge in [0.2, 0.25) is 17.7 Å². The highest BCUT2D eigenvalue weighted by molar-refractivity contribution is 6.50. The molecule has 1 aromatic carbocycles. The minimum atomic E-state index is -0.528. The molecule has 162 valence electrons. The summed E-state index contributed by atoms with van der Waals surface area (Å²) in [5.74, 6) is 0.986. The Kier molecular flexibility index (Phi) is 6.00. The number of aryl methyl sites for hydroxylation is 1. The summed E-state index contributed by atoms with van der Waals surface area (Å²) in [5.41, 5.74) is 4.67. The first-order valence-electron chi connectivity index (χ1n) is 10.5. The maximum Gasteiger partial charge on any atom is 0.235 e. The molecule has 9 nitrogen and oxygen atoms in total. The van der Waals surface area contributed by atoms with Crippen LogP contribution in [0.15, 0.2) is 57.7 Å². The van der Waals surface area contributed by atoms with Crippen LogP contribution in [0.3, 0.4) is 0 Å². The number of anilines is 1. The van der Waals surface area contributed by atoms with Crippen molar-refractivity contribution in [3.63, 3.8) is 0 Å². The van der Waals surface area contributed by atoms with Crippen molar-refractivity contribution in [1.82, 2.24) is 19.9 Å². The normalized spacial score (nSPS) is 14.6. The second-order valence-electron chi connectivity index (χ2n) is 7.36. The summed E-state index contributed by atoms with van der Waals surface area (Å²) in [4.78, 5) is 26.3. The molecule has 0 spiro atoms. The van der Waals surface area contributed by atoms with Crippen LogP contribution in [0.2, 0.25) is 0 Å². The van der Waals surface area contributed by atoms with Crippen LogP contribution in [0.25, 0.3) is 11.5 Å². The first-order valence-corrected chi connectivity index (χ1v) is 10.5. The fourth-order valence-corrected chi connectivity index (χ4v) is 3.65. The molecule has 0 aliphatic carbocycles. The van der Waals surface area contributed by atoms with Gasteiger partial charge in [0.25, 0.3) is 0 Å². The third-order valence-corrected chi connectivity index (χ3v) is 5.38. The summed E-state index contributed by atoms with van der Waals surface area (Å²) < 4.78 is 1.60. The van der Waals surface area contributed by atoms with E-state index in [1.165, 1.54) is 0 Å². The molecule has 9 heteroatoms. The Labute approximate surface area is 186 Å². The molecule has 1 atom stereocenters. The summed E-state index contributed by atoms with van der Waals surface area (Å²) in [6.07, 6.45) is 3.30. The van der Waals surface area contributed by atoms with Crippen LogP contribution in [0, 0.1) is 6.92 Å². The zero-order chi connectivity index (χ0) is 22.7. The van der Waals surface area contributed by atoms with E-state index in [1.807, 2.05) is 31.2 Å². The van der Waals surface area contributed by atoms with Crippen LogP contribution in [0.5, 0.6) is 0 Å². The average molecular weight is 429 g/mol. The lowest BCUT2D eigenvalue weighted by Gasteiger charge is -2.21. The van der Waals surface area contributed by atoms with E-state index in [-0.39, 0.29) is 0 Å². The zero-order valence-corrected chi connectivity index (χ0v) is 18.5. The van der Waals surface area contributed by atoms with Crippen molar-refractivity contribution in [3.8, 4) is 11.5 Å². The number of isocyanates is 1. The summed E-state index contributed by atoms with van der Waals surface area (Å²) in [5, 5.41) is 13.2. The highest BCUT2D eigenvalue weighted by Gasteiger charge is 2.32. The summed E-state index contributed by atoms with van der Waals surface area (Å²) in [7, 11) is 0. The largest absolute Gasteiger partial charge is 0.372 e. The number of aromatic nitrogens is 4. The Hall–Kier alpha value is -3.97. The number of aliphatic imine (C=N–C) groups is 2. The van der Waals surface area contributed by atoms with Gasteiger partial charge in [0, 0.05) is 25.0 Å². The second-order valence-corrected chi connectivity index (χ2v) is 7.36. The molecule has 3 aromatic rings. The van der Waals surface area contributed by atoms with Crippen molar-refractivity contribution in [3.05, 3.63) is 54.0 Å². The highest BCUT2D eigenvalue weighted by atomic mass is 16.1. The van der Waals surface area contributed by atoms with Gasteiger partial charge in [-0.2, -0.15) is 14.8 Å². The van der Waals surface area contributed by atoms with Crippen LogP contribution in [0.4, 0.5) is 11.4 Å². The van der Waals surface area contributed by atoms with E-state index in [0.29, 0.717) is 28.8 Å². The molecular formula is C23H24N8O. The fourth-order valence-electron chi connectivity index (χ4n) is 3.65. The van der Waals surface area contributed by atoms with Gasteiger partial charge >= 0.3 is 0 Å². The molecule has 0 saturated heterocycles. The molecule has 0 radical (unpaired) electrons. The minimum Gasteiger partial charge on any atom is -0.372 e. The van der Waals surface area contributed by atoms with Gasteiger partial charge in [-0.25, -0.2) is 9.79 Å². The average Bonchev–Trinajstić information content (AvgIpc) is 3.37. The summed E-state index contributed by atoms with van der Waals surface area (Å²) in [6, 6.07) is 11.2. The van der Waals surface area contributed by atoms with Gasteiger partial charge in [-0.1, -0.05) is 6.07 Å². The van der Waals surface area contributed by atoms with Crippen LogP contribution in [-0.4, -0.2) is 56.5 Å². The lowest BCUT2D eigenvalue weighted by Crippen LogP contribution is -2.23. The molecule has 2 aromatic heterocycles. The molecular weight excluding hydrogens is 404 g/mol. The molecule has 0 fully saturated rings. The highest BCUT2D eigenvalue weighted by Crippen LogP contribution is 2.28. The fraction of sp³-hybridized carbons (Fsp3) is 0.304. The number of hydrogen-bond donors (Lipinski definition) is 0. The number of hydrogen-bond acceptors (Lipinski definition) is 8. The number of benzene rings is 1. The Morgan fingerprint density at radius 2 is 1.91 bits per heavy atom. The predicted octanol–water partition coefficient (Wildman–Crippen LogP) is 3.56. The van der Waals surface area contributed by atoms with E-state index < -0.39 is 6.04 Å². The van der Waals surface area contributed by atoms with Gasteiger partial charge in [-0.3, -0.25) is 4.98 Å². The molecule has 1 unspecified atom stereocenters. The van der Waals surface area contributed by atoms with E-state index in [0.717, 1.165) is 30.0 Å². The first-order chi connectivity index (χ1) is 15.6. The standard InChI is InChI=1S/C23H24N8O/c1-5-30(6-2)17-10-11-18(15(3)13-17)26-21-20(16(4)25-14-32)29-31-22(27-28-23(21)31)19-9-7-8-12-24-19/h7-13,16H,5-6H2,1-4H3/b26-21-. The second kappa shape index (κ2) is 9.03. The number of carbonyl (C=O) groups excluding carboxylic acids is 1. The van der Waals surface area contributed by atoms with E-state index in [1.54, 1.807) is 23.9 Å². The Morgan fingerprint density at radius 3 is 2.56 bits per heavy atom.